The summed E-state index contributed by atoms with van der Waals surface area (Å²) in [6.07, 6.45) is 0.700. The minimum atomic E-state index is -0.242. The van der Waals surface area contributed by atoms with Crippen molar-refractivity contribution in [1.29, 1.82) is 0 Å². The topological polar surface area (TPSA) is 79.2 Å². The molecule has 1 aliphatic heterocycles. The molecule has 102 valence electrons. The Hall–Kier alpha value is -2.69. The van der Waals surface area contributed by atoms with Crippen molar-refractivity contribution in [2.24, 2.45) is 0 Å². The number of nitrogen functional groups attached to an aromatic ring is 1. The van der Waals surface area contributed by atoms with Crippen LogP contribution in [0.1, 0.15) is 5.56 Å². The second-order valence-electron chi connectivity index (χ2n) is 4.79. The van der Waals surface area contributed by atoms with Crippen molar-refractivity contribution in [2.75, 3.05) is 16.5 Å². The van der Waals surface area contributed by atoms with Crippen LogP contribution in [0.2, 0.25) is 0 Å². The lowest BCUT2D eigenvalue weighted by molar-refractivity contribution is -0.121. The van der Waals surface area contributed by atoms with Gasteiger partial charge in [-0.15, -0.1) is 0 Å². The van der Waals surface area contributed by atoms with Crippen LogP contribution in [0.5, 0.6) is 0 Å². The molecule has 0 fully saturated rings. The van der Waals surface area contributed by atoms with Crippen LogP contribution in [0.4, 0.5) is 17.1 Å². The normalized spacial score (nSPS) is 16.1. The summed E-state index contributed by atoms with van der Waals surface area (Å²) in [7, 11) is 0. The van der Waals surface area contributed by atoms with E-state index in [1.54, 1.807) is 12.1 Å². The van der Waals surface area contributed by atoms with Gasteiger partial charge >= 0.3 is 0 Å². The fraction of sp³-hybridized carbons (Fsp3) is 0.133. The summed E-state index contributed by atoms with van der Waals surface area (Å²) in [5.74, 6) is -0.0852. The molecule has 5 nitrogen and oxygen atoms in total. The quantitative estimate of drug-likeness (QED) is 0.505. The van der Waals surface area contributed by atoms with Crippen molar-refractivity contribution in [3.05, 3.63) is 54.1 Å². The van der Waals surface area contributed by atoms with Crippen LogP contribution in [-0.2, 0) is 11.2 Å². The van der Waals surface area contributed by atoms with E-state index in [0.29, 0.717) is 12.1 Å². The standard InChI is InChI=1S/C15H16N4O/c16-11-5-7-12(8-6-11)18-19-15(20)14-9-10-3-1-2-4-13(10)17-14/h1-8,14,17-18H,9,16H2,(H,19,20). The zero-order valence-electron chi connectivity index (χ0n) is 10.9. The number of hydrogen-bond donors (Lipinski definition) is 4. The monoisotopic (exact) mass is 268 g/mol. The predicted molar refractivity (Wildman–Crippen MR) is 80.2 cm³/mol. The largest absolute Gasteiger partial charge is 0.399 e. The molecule has 0 spiro atoms. The number of hydrogen-bond acceptors (Lipinski definition) is 4. The summed E-state index contributed by atoms with van der Waals surface area (Å²) in [6, 6.07) is 14.9. The highest BCUT2D eigenvalue weighted by Gasteiger charge is 2.25. The number of nitrogens with two attached hydrogens (primary N) is 1. The zero-order chi connectivity index (χ0) is 13.9. The number of benzene rings is 2. The molecule has 0 aliphatic carbocycles. The van der Waals surface area contributed by atoms with Crippen LogP contribution >= 0.6 is 0 Å². The number of carbonyl (C=O) groups is 1. The van der Waals surface area contributed by atoms with Gasteiger partial charge in [-0.3, -0.25) is 15.6 Å². The first-order valence-electron chi connectivity index (χ1n) is 6.48. The second-order valence-corrected chi connectivity index (χ2v) is 4.79. The molecule has 0 bridgehead atoms. The summed E-state index contributed by atoms with van der Waals surface area (Å²) >= 11 is 0. The predicted octanol–water partition coefficient (Wildman–Crippen LogP) is 1.75. The summed E-state index contributed by atoms with van der Waals surface area (Å²) < 4.78 is 0. The van der Waals surface area contributed by atoms with Gasteiger partial charge in [0.15, 0.2) is 0 Å². The lowest BCUT2D eigenvalue weighted by Gasteiger charge is -2.13. The summed E-state index contributed by atoms with van der Waals surface area (Å²) in [5.41, 5.74) is 14.9. The van der Waals surface area contributed by atoms with Gasteiger partial charge in [-0.1, -0.05) is 18.2 Å². The Labute approximate surface area is 117 Å². The molecule has 2 aromatic rings. The first kappa shape index (κ1) is 12.3. The minimum Gasteiger partial charge on any atom is -0.399 e. The second kappa shape index (κ2) is 5.13. The molecule has 1 atom stereocenters. The summed E-state index contributed by atoms with van der Waals surface area (Å²) in [5, 5.41) is 3.21. The van der Waals surface area contributed by atoms with Crippen molar-refractivity contribution in [3.8, 4) is 0 Å². The molecule has 0 saturated heterocycles. The van der Waals surface area contributed by atoms with E-state index >= 15 is 0 Å². The molecule has 5 heteroatoms. The zero-order valence-corrected chi connectivity index (χ0v) is 10.9. The molecule has 5 N–H and O–H groups in total. The maximum absolute atomic E-state index is 12.1. The Morgan fingerprint density at radius 1 is 1.15 bits per heavy atom. The van der Waals surface area contributed by atoms with E-state index in [0.717, 1.165) is 11.4 Å². The van der Waals surface area contributed by atoms with Crippen LogP contribution in [0.15, 0.2) is 48.5 Å². The van der Waals surface area contributed by atoms with E-state index in [1.807, 2.05) is 36.4 Å². The van der Waals surface area contributed by atoms with Crippen LogP contribution in [0.25, 0.3) is 0 Å². The lowest BCUT2D eigenvalue weighted by Crippen LogP contribution is -2.41. The molecule has 1 unspecified atom stereocenters. The number of fused-ring (bicyclic) bond motifs is 1. The lowest BCUT2D eigenvalue weighted by atomic mass is 10.1. The highest BCUT2D eigenvalue weighted by Crippen LogP contribution is 2.25. The van der Waals surface area contributed by atoms with Gasteiger partial charge in [0.25, 0.3) is 5.91 Å². The molecule has 3 rings (SSSR count). The third kappa shape index (κ3) is 2.51. The number of carbonyl (C=O) groups excluding carboxylic acids is 1. The van der Waals surface area contributed by atoms with E-state index in [4.69, 9.17) is 5.73 Å². The van der Waals surface area contributed by atoms with Gasteiger partial charge in [-0.2, -0.15) is 0 Å². The molecule has 1 heterocycles. The maximum atomic E-state index is 12.1. The Balaban J connectivity index is 1.57. The number of para-hydroxylation sites is 1. The smallest absolute Gasteiger partial charge is 0.261 e. The van der Waals surface area contributed by atoms with E-state index in [-0.39, 0.29) is 11.9 Å². The fourth-order valence-electron chi connectivity index (χ4n) is 2.24. The third-order valence-corrected chi connectivity index (χ3v) is 3.33. The molecule has 0 radical (unpaired) electrons. The Bertz CT molecular complexity index is 599. The van der Waals surface area contributed by atoms with Crippen molar-refractivity contribution < 1.29 is 4.79 Å². The average molecular weight is 268 g/mol. The number of rotatable bonds is 3. The maximum Gasteiger partial charge on any atom is 0.261 e. The van der Waals surface area contributed by atoms with Crippen molar-refractivity contribution >= 4 is 23.0 Å². The summed E-state index contributed by atoms with van der Waals surface area (Å²) in [4.78, 5) is 12.1. The first-order chi connectivity index (χ1) is 9.72. The highest BCUT2D eigenvalue weighted by molar-refractivity contribution is 5.88. The Kier molecular flexibility index (Phi) is 3.16. The molecule has 20 heavy (non-hydrogen) atoms. The van der Waals surface area contributed by atoms with Crippen LogP contribution in [0.3, 0.4) is 0 Å². The average Bonchev–Trinajstić information content (AvgIpc) is 2.90. The van der Waals surface area contributed by atoms with Gasteiger partial charge in [0, 0.05) is 17.8 Å². The van der Waals surface area contributed by atoms with Gasteiger partial charge < -0.3 is 11.1 Å². The number of amides is 1. The van der Waals surface area contributed by atoms with E-state index in [1.165, 1.54) is 5.56 Å². The van der Waals surface area contributed by atoms with Crippen molar-refractivity contribution in [3.63, 3.8) is 0 Å². The molecule has 1 amide bonds. The van der Waals surface area contributed by atoms with Crippen LogP contribution in [0, 0.1) is 0 Å². The molecular formula is C15H16N4O. The van der Waals surface area contributed by atoms with E-state index in [2.05, 4.69) is 16.2 Å². The number of nitrogens with one attached hydrogen (secondary N) is 3. The molecule has 1 aliphatic rings. The Morgan fingerprint density at radius 3 is 2.65 bits per heavy atom. The molecular weight excluding hydrogens is 252 g/mol. The number of anilines is 3. The van der Waals surface area contributed by atoms with Gasteiger partial charge in [-0.25, -0.2) is 0 Å². The van der Waals surface area contributed by atoms with E-state index < -0.39 is 0 Å². The fourth-order valence-corrected chi connectivity index (χ4v) is 2.24. The molecule has 0 saturated carbocycles. The highest BCUT2D eigenvalue weighted by atomic mass is 16.2. The molecule has 2 aromatic carbocycles. The minimum absolute atomic E-state index is 0.0852. The van der Waals surface area contributed by atoms with Crippen molar-refractivity contribution in [1.82, 2.24) is 5.43 Å². The van der Waals surface area contributed by atoms with Gasteiger partial charge in [0.2, 0.25) is 0 Å². The van der Waals surface area contributed by atoms with Crippen LogP contribution in [-0.4, -0.2) is 11.9 Å². The van der Waals surface area contributed by atoms with Crippen LogP contribution < -0.4 is 21.9 Å². The first-order valence-corrected chi connectivity index (χ1v) is 6.48. The number of hydrazine groups is 1. The van der Waals surface area contributed by atoms with Gasteiger partial charge in [0.1, 0.15) is 6.04 Å². The van der Waals surface area contributed by atoms with Crippen molar-refractivity contribution in [2.45, 2.75) is 12.5 Å². The Morgan fingerprint density at radius 2 is 1.90 bits per heavy atom. The summed E-state index contributed by atoms with van der Waals surface area (Å²) in [6.45, 7) is 0. The molecule has 0 aromatic heterocycles. The van der Waals surface area contributed by atoms with Gasteiger partial charge in [0.05, 0.1) is 5.69 Å². The third-order valence-electron chi connectivity index (χ3n) is 3.33. The SMILES string of the molecule is Nc1ccc(NNC(=O)C2Cc3ccccc3N2)cc1. The van der Waals surface area contributed by atoms with E-state index in [9.17, 15) is 4.79 Å². The van der Waals surface area contributed by atoms with Gasteiger partial charge in [-0.05, 0) is 35.9 Å².